The van der Waals surface area contributed by atoms with E-state index >= 15 is 0 Å². The van der Waals surface area contributed by atoms with E-state index in [4.69, 9.17) is 0 Å². The van der Waals surface area contributed by atoms with E-state index in [2.05, 4.69) is 15.9 Å². The van der Waals surface area contributed by atoms with Crippen molar-refractivity contribution in [2.24, 2.45) is 0 Å². The van der Waals surface area contributed by atoms with Crippen LogP contribution in [0.25, 0.3) is 0 Å². The summed E-state index contributed by atoms with van der Waals surface area (Å²) in [6.45, 7) is 1.77. The highest BCUT2D eigenvalue weighted by Crippen LogP contribution is 2.10. The quantitative estimate of drug-likeness (QED) is 0.590. The van der Waals surface area contributed by atoms with Crippen LogP contribution in [-0.2, 0) is 0 Å². The largest absolute Gasteiger partial charge is 0.294 e. The number of hydrogen-bond acceptors (Lipinski definition) is 1. The standard InChI is InChI=1S/C10H10BrFO/c1-7-4-8(6-9(12)5-7)10(13)2-3-11/h4-6H,2-3H2,1H3. The predicted molar refractivity (Wildman–Crippen MR) is 53.9 cm³/mol. The van der Waals surface area contributed by atoms with Crippen LogP contribution in [0, 0.1) is 12.7 Å². The van der Waals surface area contributed by atoms with Gasteiger partial charge in [0.1, 0.15) is 5.82 Å². The van der Waals surface area contributed by atoms with Gasteiger partial charge in [0.05, 0.1) is 0 Å². The maximum absolute atomic E-state index is 12.9. The van der Waals surface area contributed by atoms with Crippen molar-refractivity contribution in [3.63, 3.8) is 0 Å². The molecule has 0 amide bonds. The van der Waals surface area contributed by atoms with Crippen molar-refractivity contribution >= 4 is 21.7 Å². The molecule has 0 aliphatic heterocycles. The summed E-state index contributed by atoms with van der Waals surface area (Å²) in [5, 5.41) is 0.612. The number of Topliss-reactive ketones (excluding diaryl/α,β-unsaturated/α-hetero) is 1. The summed E-state index contributed by atoms with van der Waals surface area (Å²) < 4.78 is 12.9. The van der Waals surface area contributed by atoms with E-state index in [1.165, 1.54) is 12.1 Å². The molecule has 3 heteroatoms. The van der Waals surface area contributed by atoms with Gasteiger partial charge in [0.15, 0.2) is 5.78 Å². The van der Waals surface area contributed by atoms with Crippen LogP contribution >= 0.6 is 15.9 Å². The summed E-state index contributed by atoms with van der Waals surface area (Å²) in [7, 11) is 0. The predicted octanol–water partition coefficient (Wildman–Crippen LogP) is 3.10. The van der Waals surface area contributed by atoms with Crippen molar-refractivity contribution in [2.45, 2.75) is 13.3 Å². The molecule has 0 spiro atoms. The first kappa shape index (κ1) is 10.4. The van der Waals surface area contributed by atoms with Gasteiger partial charge in [0.2, 0.25) is 0 Å². The van der Waals surface area contributed by atoms with Crippen molar-refractivity contribution in [1.82, 2.24) is 0 Å². The Morgan fingerprint density at radius 1 is 1.46 bits per heavy atom. The van der Waals surface area contributed by atoms with Gasteiger partial charge in [-0.25, -0.2) is 4.39 Å². The highest BCUT2D eigenvalue weighted by atomic mass is 79.9. The van der Waals surface area contributed by atoms with Gasteiger partial charge >= 0.3 is 0 Å². The summed E-state index contributed by atoms with van der Waals surface area (Å²) in [5.41, 5.74) is 1.23. The summed E-state index contributed by atoms with van der Waals surface area (Å²) in [5.74, 6) is -0.377. The van der Waals surface area contributed by atoms with Crippen molar-refractivity contribution in [3.05, 3.63) is 35.1 Å². The Hall–Kier alpha value is -0.700. The second-order valence-electron chi connectivity index (χ2n) is 2.88. The topological polar surface area (TPSA) is 17.1 Å². The van der Waals surface area contributed by atoms with Crippen LogP contribution in [0.15, 0.2) is 18.2 Å². The van der Waals surface area contributed by atoms with Gasteiger partial charge in [-0.2, -0.15) is 0 Å². The number of carbonyl (C=O) groups excluding carboxylic acids is 1. The lowest BCUT2D eigenvalue weighted by molar-refractivity contribution is 0.0989. The number of ketones is 1. The number of carbonyl (C=O) groups is 1. The molecular formula is C10H10BrFO. The van der Waals surface area contributed by atoms with Crippen LogP contribution in [0.1, 0.15) is 22.3 Å². The number of halogens is 2. The van der Waals surface area contributed by atoms with Crippen LogP contribution in [-0.4, -0.2) is 11.1 Å². The Balaban J connectivity index is 2.94. The summed E-state index contributed by atoms with van der Waals surface area (Å²) in [6, 6.07) is 4.39. The zero-order chi connectivity index (χ0) is 9.84. The highest BCUT2D eigenvalue weighted by Gasteiger charge is 2.06. The van der Waals surface area contributed by atoms with E-state index in [0.29, 0.717) is 17.3 Å². The summed E-state index contributed by atoms with van der Waals surface area (Å²) in [4.78, 5) is 11.4. The molecule has 70 valence electrons. The van der Waals surface area contributed by atoms with E-state index in [9.17, 15) is 9.18 Å². The smallest absolute Gasteiger partial charge is 0.163 e. The molecule has 0 N–H and O–H groups in total. The molecule has 1 rings (SSSR count). The monoisotopic (exact) mass is 244 g/mol. The molecular weight excluding hydrogens is 235 g/mol. The van der Waals surface area contributed by atoms with Gasteiger partial charge in [-0.05, 0) is 30.7 Å². The SMILES string of the molecule is Cc1cc(F)cc(C(=O)CCBr)c1. The molecule has 0 unspecified atom stereocenters. The van der Waals surface area contributed by atoms with Crippen LogP contribution in [0.2, 0.25) is 0 Å². The lowest BCUT2D eigenvalue weighted by atomic mass is 10.1. The first-order valence-electron chi connectivity index (χ1n) is 4.00. The van der Waals surface area contributed by atoms with E-state index in [1.807, 2.05) is 0 Å². The average molecular weight is 245 g/mol. The van der Waals surface area contributed by atoms with Crippen LogP contribution < -0.4 is 0 Å². The van der Waals surface area contributed by atoms with E-state index in [1.54, 1.807) is 13.0 Å². The van der Waals surface area contributed by atoms with Gasteiger partial charge in [-0.15, -0.1) is 0 Å². The number of rotatable bonds is 3. The average Bonchev–Trinajstić information content (AvgIpc) is 2.03. The minimum Gasteiger partial charge on any atom is -0.294 e. The molecule has 0 fully saturated rings. The molecule has 0 aromatic heterocycles. The van der Waals surface area contributed by atoms with Crippen molar-refractivity contribution in [1.29, 1.82) is 0 Å². The number of alkyl halides is 1. The molecule has 0 radical (unpaired) electrons. The normalized spacial score (nSPS) is 10.1. The molecule has 1 aromatic rings. The van der Waals surface area contributed by atoms with Crippen molar-refractivity contribution in [2.75, 3.05) is 5.33 Å². The second-order valence-corrected chi connectivity index (χ2v) is 3.67. The Kier molecular flexibility index (Phi) is 3.60. The van der Waals surface area contributed by atoms with Crippen LogP contribution in [0.5, 0.6) is 0 Å². The fourth-order valence-corrected chi connectivity index (χ4v) is 1.49. The summed E-state index contributed by atoms with van der Waals surface area (Å²) >= 11 is 3.17. The van der Waals surface area contributed by atoms with E-state index < -0.39 is 0 Å². The summed E-state index contributed by atoms with van der Waals surface area (Å²) in [6.07, 6.45) is 0.406. The van der Waals surface area contributed by atoms with Gasteiger partial charge < -0.3 is 0 Å². The van der Waals surface area contributed by atoms with Gasteiger partial charge in [0.25, 0.3) is 0 Å². The molecule has 0 atom stereocenters. The Bertz CT molecular complexity index is 302. The molecule has 0 bridgehead atoms. The third-order valence-electron chi connectivity index (χ3n) is 1.69. The minimum atomic E-state index is -0.349. The molecule has 0 aliphatic rings. The molecule has 1 aromatic carbocycles. The van der Waals surface area contributed by atoms with Crippen LogP contribution in [0.4, 0.5) is 4.39 Å². The number of aryl methyl sites for hydroxylation is 1. The first-order chi connectivity index (χ1) is 6.13. The van der Waals surface area contributed by atoms with Crippen molar-refractivity contribution < 1.29 is 9.18 Å². The zero-order valence-electron chi connectivity index (χ0n) is 7.31. The first-order valence-corrected chi connectivity index (χ1v) is 5.12. The maximum Gasteiger partial charge on any atom is 0.163 e. The zero-order valence-corrected chi connectivity index (χ0v) is 8.90. The molecule has 0 aliphatic carbocycles. The molecule has 0 saturated heterocycles. The van der Waals surface area contributed by atoms with Crippen molar-refractivity contribution in [3.8, 4) is 0 Å². The van der Waals surface area contributed by atoms with Gasteiger partial charge in [0, 0.05) is 17.3 Å². The minimum absolute atomic E-state index is 0.0283. The van der Waals surface area contributed by atoms with E-state index in [-0.39, 0.29) is 11.6 Å². The van der Waals surface area contributed by atoms with Gasteiger partial charge in [-0.3, -0.25) is 4.79 Å². The molecule has 0 saturated carbocycles. The van der Waals surface area contributed by atoms with Crippen LogP contribution in [0.3, 0.4) is 0 Å². The fourth-order valence-electron chi connectivity index (χ4n) is 1.13. The third kappa shape index (κ3) is 2.92. The Morgan fingerprint density at radius 2 is 2.15 bits per heavy atom. The fraction of sp³-hybridized carbons (Fsp3) is 0.300. The molecule has 1 nitrogen and oxygen atoms in total. The van der Waals surface area contributed by atoms with E-state index in [0.717, 1.165) is 5.56 Å². The number of benzene rings is 1. The second kappa shape index (κ2) is 4.51. The maximum atomic E-state index is 12.9. The lowest BCUT2D eigenvalue weighted by Crippen LogP contribution is -2.00. The third-order valence-corrected chi connectivity index (χ3v) is 2.08. The lowest BCUT2D eigenvalue weighted by Gasteiger charge is -2.00. The Labute approximate surface area is 85.1 Å². The van der Waals surface area contributed by atoms with Gasteiger partial charge in [-0.1, -0.05) is 15.9 Å². The highest BCUT2D eigenvalue weighted by molar-refractivity contribution is 9.09. The Morgan fingerprint density at radius 3 is 2.69 bits per heavy atom. The number of hydrogen-bond donors (Lipinski definition) is 0. The molecule has 0 heterocycles. The molecule has 13 heavy (non-hydrogen) atoms.